The highest BCUT2D eigenvalue weighted by Crippen LogP contribution is 2.13. The van der Waals surface area contributed by atoms with Gasteiger partial charge >= 0.3 is 0 Å². The summed E-state index contributed by atoms with van der Waals surface area (Å²) in [5.41, 5.74) is 3.62. The molecule has 0 unspecified atom stereocenters. The number of benzene rings is 2. The van der Waals surface area contributed by atoms with Crippen LogP contribution in [0, 0.1) is 0 Å². The van der Waals surface area contributed by atoms with Crippen molar-refractivity contribution in [3.63, 3.8) is 0 Å². The van der Waals surface area contributed by atoms with E-state index in [1.807, 2.05) is 24.3 Å². The van der Waals surface area contributed by atoms with Crippen molar-refractivity contribution in [2.45, 2.75) is 39.7 Å². The first-order valence-corrected chi connectivity index (χ1v) is 8.72. The summed E-state index contributed by atoms with van der Waals surface area (Å²) in [6.45, 7) is 5.84. The van der Waals surface area contributed by atoms with Crippen molar-refractivity contribution >= 4 is 17.2 Å². The minimum Gasteiger partial charge on any atom is -0.494 e. The van der Waals surface area contributed by atoms with E-state index in [1.165, 1.54) is 11.1 Å². The van der Waals surface area contributed by atoms with Crippen molar-refractivity contribution in [2.75, 3.05) is 6.61 Å². The molecule has 0 aliphatic carbocycles. The number of ether oxygens (including phenoxy) is 1. The minimum absolute atomic E-state index is 0.748. The van der Waals surface area contributed by atoms with E-state index in [2.05, 4.69) is 43.4 Å². The van der Waals surface area contributed by atoms with Gasteiger partial charge in [-0.15, -0.1) is 0 Å². The smallest absolute Gasteiger partial charge is 0.119 e. The van der Waals surface area contributed by atoms with Gasteiger partial charge in [0.05, 0.1) is 6.61 Å². The molecule has 0 saturated carbocycles. The highest BCUT2D eigenvalue weighted by Gasteiger charge is 2.02. The van der Waals surface area contributed by atoms with Crippen molar-refractivity contribution in [3.05, 3.63) is 65.2 Å². The molecule has 1 N–H and O–H groups in total. The number of unbranched alkanes of at least 4 members (excludes halogenated alkanes) is 1. The van der Waals surface area contributed by atoms with Crippen molar-refractivity contribution < 1.29 is 4.74 Å². The molecule has 2 aromatic rings. The molecule has 122 valence electrons. The highest BCUT2D eigenvalue weighted by atomic mass is 32.1. The van der Waals surface area contributed by atoms with Gasteiger partial charge < -0.3 is 10.1 Å². The molecule has 0 fully saturated rings. The lowest BCUT2D eigenvalue weighted by atomic mass is 10.1. The molecule has 0 aromatic heterocycles. The molecule has 0 bridgehead atoms. The molecule has 2 nitrogen and oxygen atoms in total. The summed E-state index contributed by atoms with van der Waals surface area (Å²) in [6, 6.07) is 16.6. The Labute approximate surface area is 144 Å². The van der Waals surface area contributed by atoms with E-state index in [9.17, 15) is 0 Å². The molecule has 0 aliphatic rings. The Morgan fingerprint density at radius 2 is 1.61 bits per heavy atom. The normalized spacial score (nSPS) is 10.3. The zero-order chi connectivity index (χ0) is 16.5. The lowest BCUT2D eigenvalue weighted by molar-refractivity contribution is 0.309. The summed E-state index contributed by atoms with van der Waals surface area (Å²) in [7, 11) is 0. The maximum atomic E-state index is 5.67. The molecule has 23 heavy (non-hydrogen) atoms. The van der Waals surface area contributed by atoms with E-state index in [0.717, 1.165) is 48.7 Å². The van der Waals surface area contributed by atoms with Crippen molar-refractivity contribution in [3.8, 4) is 5.75 Å². The first-order valence-electron chi connectivity index (χ1n) is 8.31. The zero-order valence-corrected chi connectivity index (χ0v) is 14.8. The maximum Gasteiger partial charge on any atom is 0.119 e. The zero-order valence-electron chi connectivity index (χ0n) is 14.0. The standard InChI is InChI=1S/C20H25NOS/c1-3-5-14-22-19-12-10-18(11-13-19)20(23)21-15-17-8-6-16(4-2)7-9-17/h6-13H,3-5,14-15H2,1-2H3,(H,21,23). The van der Waals surface area contributed by atoms with Gasteiger partial charge in [-0.3, -0.25) is 0 Å². The lowest BCUT2D eigenvalue weighted by Crippen LogP contribution is -2.21. The topological polar surface area (TPSA) is 21.3 Å². The maximum absolute atomic E-state index is 5.67. The highest BCUT2D eigenvalue weighted by molar-refractivity contribution is 7.80. The van der Waals surface area contributed by atoms with Crippen LogP contribution in [0.1, 0.15) is 43.4 Å². The SMILES string of the molecule is CCCCOc1ccc(C(=S)NCc2ccc(CC)cc2)cc1. The fraction of sp³-hybridized carbons (Fsp3) is 0.350. The van der Waals surface area contributed by atoms with Gasteiger partial charge in [0, 0.05) is 12.1 Å². The largest absolute Gasteiger partial charge is 0.494 e. The number of thiocarbonyl (C=S) groups is 1. The Hall–Kier alpha value is -1.87. The first-order chi connectivity index (χ1) is 11.2. The van der Waals surface area contributed by atoms with Crippen molar-refractivity contribution in [2.24, 2.45) is 0 Å². The third kappa shape index (κ3) is 5.68. The molecule has 3 heteroatoms. The summed E-state index contributed by atoms with van der Waals surface area (Å²) in [4.78, 5) is 0.768. The summed E-state index contributed by atoms with van der Waals surface area (Å²) in [5, 5.41) is 3.32. The van der Waals surface area contributed by atoms with Crippen molar-refractivity contribution in [1.29, 1.82) is 0 Å². The molecule has 0 atom stereocenters. The molecule has 0 aliphatic heterocycles. The molecule has 2 aromatic carbocycles. The minimum atomic E-state index is 0.748. The second-order valence-corrected chi connectivity index (χ2v) is 5.99. The molecule has 2 rings (SSSR count). The van der Waals surface area contributed by atoms with E-state index < -0.39 is 0 Å². The summed E-state index contributed by atoms with van der Waals surface area (Å²) in [6.07, 6.45) is 3.29. The van der Waals surface area contributed by atoms with Crippen LogP contribution in [0.15, 0.2) is 48.5 Å². The second kappa shape index (κ2) is 9.31. The fourth-order valence-electron chi connectivity index (χ4n) is 2.21. The predicted octanol–water partition coefficient (Wildman–Crippen LogP) is 4.89. The quantitative estimate of drug-likeness (QED) is 0.551. The van der Waals surface area contributed by atoms with Gasteiger partial charge in [-0.1, -0.05) is 56.8 Å². The first kappa shape index (κ1) is 17.5. The average molecular weight is 327 g/mol. The van der Waals surface area contributed by atoms with Crippen LogP contribution in [-0.2, 0) is 13.0 Å². The number of hydrogen-bond acceptors (Lipinski definition) is 2. The molecule has 0 saturated heterocycles. The van der Waals surface area contributed by atoms with Crippen LogP contribution in [0.4, 0.5) is 0 Å². The predicted molar refractivity (Wildman–Crippen MR) is 101 cm³/mol. The van der Waals surface area contributed by atoms with Crippen LogP contribution >= 0.6 is 12.2 Å². The summed E-state index contributed by atoms with van der Waals surface area (Å²) >= 11 is 5.47. The summed E-state index contributed by atoms with van der Waals surface area (Å²) in [5.74, 6) is 0.903. The molecular weight excluding hydrogens is 302 g/mol. The van der Waals surface area contributed by atoms with Gasteiger partial charge in [-0.2, -0.15) is 0 Å². The van der Waals surface area contributed by atoms with Gasteiger partial charge in [0.15, 0.2) is 0 Å². The Morgan fingerprint density at radius 3 is 2.22 bits per heavy atom. The Morgan fingerprint density at radius 1 is 0.957 bits per heavy atom. The van der Waals surface area contributed by atoms with E-state index in [0.29, 0.717) is 0 Å². The van der Waals surface area contributed by atoms with Crippen LogP contribution in [0.2, 0.25) is 0 Å². The molecule has 0 spiro atoms. The molecule has 0 amide bonds. The third-order valence-electron chi connectivity index (χ3n) is 3.77. The molecule has 0 heterocycles. The fourth-order valence-corrected chi connectivity index (χ4v) is 2.42. The van der Waals surface area contributed by atoms with Crippen LogP contribution < -0.4 is 10.1 Å². The molecular formula is C20H25NOS. The van der Waals surface area contributed by atoms with Gasteiger partial charge in [-0.25, -0.2) is 0 Å². The average Bonchev–Trinajstić information content (AvgIpc) is 2.61. The number of nitrogens with one attached hydrogen (secondary N) is 1. The van der Waals surface area contributed by atoms with Crippen LogP contribution in [-0.4, -0.2) is 11.6 Å². The lowest BCUT2D eigenvalue weighted by Gasteiger charge is -2.10. The second-order valence-electron chi connectivity index (χ2n) is 5.58. The van der Waals surface area contributed by atoms with E-state index >= 15 is 0 Å². The number of aryl methyl sites for hydroxylation is 1. The van der Waals surface area contributed by atoms with E-state index in [-0.39, 0.29) is 0 Å². The third-order valence-corrected chi connectivity index (χ3v) is 4.15. The van der Waals surface area contributed by atoms with Gasteiger partial charge in [0.25, 0.3) is 0 Å². The van der Waals surface area contributed by atoms with Crippen LogP contribution in [0.5, 0.6) is 5.75 Å². The van der Waals surface area contributed by atoms with Gasteiger partial charge in [-0.05, 0) is 48.2 Å². The van der Waals surface area contributed by atoms with E-state index in [1.54, 1.807) is 0 Å². The monoisotopic (exact) mass is 327 g/mol. The van der Waals surface area contributed by atoms with Gasteiger partial charge in [0.2, 0.25) is 0 Å². The Kier molecular flexibility index (Phi) is 7.08. The Bertz CT molecular complexity index is 605. The van der Waals surface area contributed by atoms with E-state index in [4.69, 9.17) is 17.0 Å². The molecule has 0 radical (unpaired) electrons. The van der Waals surface area contributed by atoms with Crippen LogP contribution in [0.25, 0.3) is 0 Å². The number of hydrogen-bond donors (Lipinski definition) is 1. The summed E-state index contributed by atoms with van der Waals surface area (Å²) < 4.78 is 5.67. The van der Waals surface area contributed by atoms with Gasteiger partial charge in [0.1, 0.15) is 10.7 Å². The van der Waals surface area contributed by atoms with Crippen molar-refractivity contribution in [1.82, 2.24) is 5.32 Å². The number of rotatable bonds is 8. The van der Waals surface area contributed by atoms with Crippen LogP contribution in [0.3, 0.4) is 0 Å². The Balaban J connectivity index is 1.84.